The van der Waals surface area contributed by atoms with Gasteiger partial charge in [-0.15, -0.1) is 0 Å². The predicted molar refractivity (Wildman–Crippen MR) is 46.4 cm³/mol. The third kappa shape index (κ3) is 4.97. The third-order valence-corrected chi connectivity index (χ3v) is 1.62. The summed E-state index contributed by atoms with van der Waals surface area (Å²) in [5.41, 5.74) is 8.23. The summed E-state index contributed by atoms with van der Waals surface area (Å²) in [5.74, 6) is 0. The second kappa shape index (κ2) is 7.84. The molecule has 1 radical (unpaired) electrons. The van der Waals surface area contributed by atoms with E-state index < -0.39 is 0 Å². The molecule has 1 aromatic heterocycles. The van der Waals surface area contributed by atoms with Crippen molar-refractivity contribution in [3.05, 3.63) is 35.8 Å². The molecule has 0 unspecified atom stereocenters. The van der Waals surface area contributed by atoms with Gasteiger partial charge in [0.05, 0.1) is 0 Å². The molecule has 0 fully saturated rings. The average Bonchev–Trinajstić information content (AvgIpc) is 2.07. The molecule has 0 saturated heterocycles. The van der Waals surface area contributed by atoms with Crippen LogP contribution in [0.15, 0.2) is 24.5 Å². The monoisotopic (exact) mass is 238 g/mol. The van der Waals surface area contributed by atoms with Crippen LogP contribution in [0.2, 0.25) is 0 Å². The van der Waals surface area contributed by atoms with Crippen molar-refractivity contribution in [1.29, 1.82) is 0 Å². The molecule has 0 spiro atoms. The van der Waals surface area contributed by atoms with Crippen molar-refractivity contribution >= 4 is 0 Å². The first-order chi connectivity index (χ1) is 5.43. The molecule has 1 aromatic rings. The van der Waals surface area contributed by atoms with E-state index in [1.54, 1.807) is 6.20 Å². The number of pyridine rings is 1. The van der Waals surface area contributed by atoms with Crippen molar-refractivity contribution < 1.29 is 32.7 Å². The Labute approximate surface area is 98.8 Å². The molecule has 2 nitrogen and oxygen atoms in total. The van der Waals surface area contributed by atoms with Crippen LogP contribution >= 0.6 is 0 Å². The molecule has 63 valence electrons. The SMILES string of the molecule is [NH-]CCCCc1cccnc1.[Y]. The molecule has 0 bridgehead atoms. The standard InChI is InChI=1S/C9H13N2.Y/c10-6-2-1-4-9-5-3-7-11-8-9;/h3,5,7-8,10H,1-2,4,6H2;/q-1;. The fourth-order valence-corrected chi connectivity index (χ4v) is 1.00. The van der Waals surface area contributed by atoms with Crippen LogP contribution < -0.4 is 0 Å². The van der Waals surface area contributed by atoms with E-state index in [1.165, 1.54) is 5.56 Å². The maximum absolute atomic E-state index is 6.95. The number of aryl methyl sites for hydroxylation is 1. The van der Waals surface area contributed by atoms with Crippen LogP contribution in [-0.4, -0.2) is 11.5 Å². The van der Waals surface area contributed by atoms with Gasteiger partial charge in [0.25, 0.3) is 0 Å². The number of hydrogen-bond donors (Lipinski definition) is 0. The molecule has 0 aliphatic rings. The molecule has 1 heterocycles. The first kappa shape index (κ1) is 12.2. The maximum Gasteiger partial charge on any atom is 0.0299 e. The fraction of sp³-hybridized carbons (Fsp3) is 0.444. The Hall–Kier alpha value is 0.214. The Morgan fingerprint density at radius 3 is 2.75 bits per heavy atom. The summed E-state index contributed by atoms with van der Waals surface area (Å²) in [6, 6.07) is 4.03. The van der Waals surface area contributed by atoms with E-state index >= 15 is 0 Å². The molecular weight excluding hydrogens is 225 g/mol. The number of rotatable bonds is 4. The van der Waals surface area contributed by atoms with Crippen LogP contribution in [0.5, 0.6) is 0 Å². The first-order valence-electron chi connectivity index (χ1n) is 3.97. The van der Waals surface area contributed by atoms with Gasteiger partial charge in [0.2, 0.25) is 0 Å². The largest absolute Gasteiger partial charge is 0.677 e. The molecule has 0 saturated carbocycles. The molecule has 0 aliphatic carbocycles. The Balaban J connectivity index is 0.00000121. The first-order valence-corrected chi connectivity index (χ1v) is 3.97. The number of hydrogen-bond acceptors (Lipinski definition) is 1. The van der Waals surface area contributed by atoms with Crippen LogP contribution in [0.3, 0.4) is 0 Å². The molecular formula is C9H13N2Y-. The number of aromatic nitrogens is 1. The zero-order chi connectivity index (χ0) is 7.94. The number of unbranched alkanes of at least 4 members (excludes halogenated alkanes) is 1. The summed E-state index contributed by atoms with van der Waals surface area (Å²) in [7, 11) is 0. The second-order valence-electron chi connectivity index (χ2n) is 2.57. The van der Waals surface area contributed by atoms with Crippen molar-refractivity contribution in [1.82, 2.24) is 4.98 Å². The van der Waals surface area contributed by atoms with Crippen LogP contribution in [0.4, 0.5) is 0 Å². The van der Waals surface area contributed by atoms with Gasteiger partial charge in [-0.1, -0.05) is 18.9 Å². The van der Waals surface area contributed by atoms with Gasteiger partial charge in [0.15, 0.2) is 0 Å². The minimum atomic E-state index is 0. The smallest absolute Gasteiger partial charge is 0.0299 e. The van der Waals surface area contributed by atoms with E-state index in [0.717, 1.165) is 19.3 Å². The summed E-state index contributed by atoms with van der Waals surface area (Å²) in [6.45, 7) is 0.542. The van der Waals surface area contributed by atoms with E-state index in [1.807, 2.05) is 12.3 Å². The maximum atomic E-state index is 6.95. The van der Waals surface area contributed by atoms with Crippen LogP contribution in [0.1, 0.15) is 18.4 Å². The van der Waals surface area contributed by atoms with Crippen LogP contribution in [0.25, 0.3) is 5.73 Å². The summed E-state index contributed by atoms with van der Waals surface area (Å²) in [6.07, 6.45) is 6.84. The average molecular weight is 238 g/mol. The second-order valence-corrected chi connectivity index (χ2v) is 2.57. The van der Waals surface area contributed by atoms with Gasteiger partial charge in [0, 0.05) is 45.1 Å². The van der Waals surface area contributed by atoms with E-state index in [9.17, 15) is 0 Å². The Morgan fingerprint density at radius 2 is 2.17 bits per heavy atom. The van der Waals surface area contributed by atoms with Crippen molar-refractivity contribution in [2.45, 2.75) is 19.3 Å². The molecule has 0 aromatic carbocycles. The normalized spacial score (nSPS) is 9.08. The molecule has 1 rings (SSSR count). The minimum absolute atomic E-state index is 0. The third-order valence-electron chi connectivity index (χ3n) is 1.62. The zero-order valence-corrected chi connectivity index (χ0v) is 10.0. The number of nitrogens with one attached hydrogen (secondary N) is 1. The Morgan fingerprint density at radius 1 is 1.33 bits per heavy atom. The van der Waals surface area contributed by atoms with Gasteiger partial charge in [-0.05, 0) is 18.1 Å². The van der Waals surface area contributed by atoms with Crippen molar-refractivity contribution in [3.8, 4) is 0 Å². The van der Waals surface area contributed by atoms with Gasteiger partial charge >= 0.3 is 0 Å². The summed E-state index contributed by atoms with van der Waals surface area (Å²) >= 11 is 0. The van der Waals surface area contributed by atoms with Gasteiger partial charge in [-0.3, -0.25) is 4.98 Å². The Bertz CT molecular complexity index is 189. The summed E-state index contributed by atoms with van der Waals surface area (Å²) < 4.78 is 0. The van der Waals surface area contributed by atoms with Crippen molar-refractivity contribution in [3.63, 3.8) is 0 Å². The molecule has 12 heavy (non-hydrogen) atoms. The molecule has 0 atom stereocenters. The van der Waals surface area contributed by atoms with E-state index in [2.05, 4.69) is 11.1 Å². The summed E-state index contributed by atoms with van der Waals surface area (Å²) in [5, 5.41) is 0. The van der Waals surface area contributed by atoms with E-state index in [0.29, 0.717) is 6.54 Å². The fourth-order valence-electron chi connectivity index (χ4n) is 1.00. The van der Waals surface area contributed by atoms with Crippen molar-refractivity contribution in [2.24, 2.45) is 0 Å². The number of nitrogens with zero attached hydrogens (tertiary/aromatic N) is 1. The molecule has 0 amide bonds. The Kier molecular flexibility index (Phi) is 7.98. The quantitative estimate of drug-likeness (QED) is 0.742. The van der Waals surface area contributed by atoms with Gasteiger partial charge in [0.1, 0.15) is 0 Å². The van der Waals surface area contributed by atoms with Crippen LogP contribution in [0, 0.1) is 0 Å². The molecule has 1 N–H and O–H groups in total. The van der Waals surface area contributed by atoms with Gasteiger partial charge in [-0.25, -0.2) is 0 Å². The van der Waals surface area contributed by atoms with Crippen LogP contribution in [-0.2, 0) is 39.1 Å². The minimum Gasteiger partial charge on any atom is -0.677 e. The van der Waals surface area contributed by atoms with Crippen molar-refractivity contribution in [2.75, 3.05) is 6.54 Å². The van der Waals surface area contributed by atoms with Gasteiger partial charge in [-0.2, -0.15) is 6.54 Å². The topological polar surface area (TPSA) is 36.7 Å². The molecule has 3 heteroatoms. The summed E-state index contributed by atoms with van der Waals surface area (Å²) in [4.78, 5) is 4.02. The van der Waals surface area contributed by atoms with E-state index in [-0.39, 0.29) is 32.7 Å². The van der Waals surface area contributed by atoms with E-state index in [4.69, 9.17) is 5.73 Å². The zero-order valence-electron chi connectivity index (χ0n) is 7.16. The molecule has 0 aliphatic heterocycles. The van der Waals surface area contributed by atoms with Gasteiger partial charge < -0.3 is 5.73 Å². The predicted octanol–water partition coefficient (Wildman–Crippen LogP) is 2.45.